The molecule has 0 aromatic heterocycles. The highest BCUT2D eigenvalue weighted by atomic mass is 16.5. The standard InChI is InChI=1S/C14H26N4O2/c15-12-1-4-16(5-2-12)13-3-6-18(11-13)14(19)17-7-9-20-10-8-17/h12-13H,1-11,15H2. The largest absolute Gasteiger partial charge is 0.378 e. The molecule has 1 unspecified atom stereocenters. The van der Waals surface area contributed by atoms with Crippen LogP contribution in [0.4, 0.5) is 4.79 Å². The summed E-state index contributed by atoms with van der Waals surface area (Å²) in [5.74, 6) is 0. The van der Waals surface area contributed by atoms with Crippen molar-refractivity contribution in [2.24, 2.45) is 5.73 Å². The Labute approximate surface area is 120 Å². The lowest BCUT2D eigenvalue weighted by atomic mass is 10.0. The van der Waals surface area contributed by atoms with E-state index in [9.17, 15) is 4.79 Å². The summed E-state index contributed by atoms with van der Waals surface area (Å²) in [7, 11) is 0. The highest BCUT2D eigenvalue weighted by Crippen LogP contribution is 2.21. The number of ether oxygens (including phenoxy) is 1. The fourth-order valence-electron chi connectivity index (χ4n) is 3.45. The second kappa shape index (κ2) is 6.28. The van der Waals surface area contributed by atoms with Crippen LogP contribution in [-0.4, -0.2) is 85.3 Å². The molecule has 0 bridgehead atoms. The molecule has 3 saturated heterocycles. The van der Waals surface area contributed by atoms with E-state index in [1.54, 1.807) is 0 Å². The van der Waals surface area contributed by atoms with E-state index in [0.717, 1.165) is 58.5 Å². The van der Waals surface area contributed by atoms with E-state index >= 15 is 0 Å². The lowest BCUT2D eigenvalue weighted by molar-refractivity contribution is 0.0443. The van der Waals surface area contributed by atoms with Crippen LogP contribution in [0.3, 0.4) is 0 Å². The molecule has 0 spiro atoms. The van der Waals surface area contributed by atoms with E-state index in [-0.39, 0.29) is 6.03 Å². The summed E-state index contributed by atoms with van der Waals surface area (Å²) in [5.41, 5.74) is 5.96. The second-order valence-corrected chi connectivity index (χ2v) is 6.14. The van der Waals surface area contributed by atoms with Crippen molar-refractivity contribution in [3.63, 3.8) is 0 Å². The van der Waals surface area contributed by atoms with Gasteiger partial charge in [-0.1, -0.05) is 0 Å². The number of carbonyl (C=O) groups excluding carboxylic acids is 1. The maximum Gasteiger partial charge on any atom is 0.320 e. The van der Waals surface area contributed by atoms with Crippen molar-refractivity contribution >= 4 is 6.03 Å². The average molecular weight is 282 g/mol. The van der Waals surface area contributed by atoms with Crippen molar-refractivity contribution in [1.29, 1.82) is 0 Å². The van der Waals surface area contributed by atoms with Crippen LogP contribution in [0.5, 0.6) is 0 Å². The molecule has 20 heavy (non-hydrogen) atoms. The Morgan fingerprint density at radius 1 is 0.950 bits per heavy atom. The summed E-state index contributed by atoms with van der Waals surface area (Å²) in [5, 5.41) is 0. The van der Waals surface area contributed by atoms with Crippen LogP contribution < -0.4 is 5.73 Å². The normalized spacial score (nSPS) is 29.9. The fourth-order valence-corrected chi connectivity index (χ4v) is 3.45. The molecule has 3 aliphatic heterocycles. The molecule has 1 atom stereocenters. The maximum absolute atomic E-state index is 12.4. The third-order valence-electron chi connectivity index (χ3n) is 4.81. The van der Waals surface area contributed by atoms with E-state index in [0.29, 0.717) is 25.3 Å². The summed E-state index contributed by atoms with van der Waals surface area (Å²) >= 11 is 0. The van der Waals surface area contributed by atoms with Gasteiger partial charge >= 0.3 is 6.03 Å². The Morgan fingerprint density at radius 2 is 1.65 bits per heavy atom. The van der Waals surface area contributed by atoms with Gasteiger partial charge in [0.25, 0.3) is 0 Å². The molecule has 3 fully saturated rings. The maximum atomic E-state index is 12.4. The van der Waals surface area contributed by atoms with Gasteiger partial charge in [-0.05, 0) is 32.4 Å². The first-order valence-electron chi connectivity index (χ1n) is 7.85. The summed E-state index contributed by atoms with van der Waals surface area (Å²) < 4.78 is 5.31. The summed E-state index contributed by atoms with van der Waals surface area (Å²) in [4.78, 5) is 18.9. The number of urea groups is 1. The lowest BCUT2D eigenvalue weighted by Crippen LogP contribution is -2.49. The second-order valence-electron chi connectivity index (χ2n) is 6.14. The minimum Gasteiger partial charge on any atom is -0.378 e. The number of hydrogen-bond donors (Lipinski definition) is 1. The van der Waals surface area contributed by atoms with Gasteiger partial charge < -0.3 is 20.3 Å². The number of nitrogens with zero attached hydrogens (tertiary/aromatic N) is 3. The Balaban J connectivity index is 1.50. The zero-order valence-electron chi connectivity index (χ0n) is 12.2. The Hall–Kier alpha value is -0.850. The van der Waals surface area contributed by atoms with Crippen LogP contribution in [0.2, 0.25) is 0 Å². The van der Waals surface area contributed by atoms with Gasteiger partial charge in [0, 0.05) is 38.3 Å². The molecule has 3 aliphatic rings. The first kappa shape index (κ1) is 14.1. The third-order valence-corrected chi connectivity index (χ3v) is 4.81. The number of hydrogen-bond acceptors (Lipinski definition) is 4. The zero-order valence-corrected chi connectivity index (χ0v) is 12.2. The number of piperidine rings is 1. The quantitative estimate of drug-likeness (QED) is 0.732. The fraction of sp³-hybridized carbons (Fsp3) is 0.929. The Morgan fingerprint density at radius 3 is 2.35 bits per heavy atom. The highest BCUT2D eigenvalue weighted by Gasteiger charge is 2.33. The number of morpholine rings is 1. The van der Waals surface area contributed by atoms with Gasteiger partial charge in [-0.2, -0.15) is 0 Å². The first-order chi connectivity index (χ1) is 9.74. The summed E-state index contributed by atoms with van der Waals surface area (Å²) in [6.07, 6.45) is 3.28. The van der Waals surface area contributed by atoms with Crippen molar-refractivity contribution in [2.45, 2.75) is 31.3 Å². The van der Waals surface area contributed by atoms with Crippen molar-refractivity contribution in [3.05, 3.63) is 0 Å². The van der Waals surface area contributed by atoms with Crippen LogP contribution in [0, 0.1) is 0 Å². The minimum atomic E-state index is 0.199. The minimum absolute atomic E-state index is 0.199. The molecular formula is C14H26N4O2. The van der Waals surface area contributed by atoms with Crippen LogP contribution in [-0.2, 0) is 4.74 Å². The molecule has 6 nitrogen and oxygen atoms in total. The number of rotatable bonds is 1. The smallest absolute Gasteiger partial charge is 0.320 e. The Kier molecular flexibility index (Phi) is 4.43. The summed E-state index contributed by atoms with van der Waals surface area (Å²) in [6.45, 7) is 6.77. The predicted molar refractivity (Wildman–Crippen MR) is 76.5 cm³/mol. The van der Waals surface area contributed by atoms with E-state index in [2.05, 4.69) is 4.90 Å². The molecule has 0 radical (unpaired) electrons. The van der Waals surface area contributed by atoms with Crippen LogP contribution >= 0.6 is 0 Å². The molecule has 3 rings (SSSR count). The number of likely N-dealkylation sites (tertiary alicyclic amines) is 2. The number of amides is 2. The molecule has 2 N–H and O–H groups in total. The van der Waals surface area contributed by atoms with Gasteiger partial charge in [-0.3, -0.25) is 4.90 Å². The SMILES string of the molecule is NC1CCN(C2CCN(C(=O)N3CCOCC3)C2)CC1. The Bertz CT molecular complexity index is 338. The van der Waals surface area contributed by atoms with E-state index in [1.165, 1.54) is 0 Å². The summed E-state index contributed by atoms with van der Waals surface area (Å²) in [6, 6.07) is 1.11. The number of nitrogens with two attached hydrogens (primary N) is 1. The predicted octanol–water partition coefficient (Wildman–Crippen LogP) is -0.0640. The van der Waals surface area contributed by atoms with Gasteiger partial charge in [0.15, 0.2) is 0 Å². The lowest BCUT2D eigenvalue weighted by Gasteiger charge is -2.35. The van der Waals surface area contributed by atoms with E-state index in [4.69, 9.17) is 10.5 Å². The molecule has 6 heteroatoms. The molecule has 114 valence electrons. The van der Waals surface area contributed by atoms with Crippen LogP contribution in [0.25, 0.3) is 0 Å². The molecule has 3 heterocycles. The van der Waals surface area contributed by atoms with Gasteiger partial charge in [0.05, 0.1) is 13.2 Å². The van der Waals surface area contributed by atoms with Gasteiger partial charge in [0.2, 0.25) is 0 Å². The van der Waals surface area contributed by atoms with Crippen molar-refractivity contribution in [1.82, 2.24) is 14.7 Å². The highest BCUT2D eigenvalue weighted by molar-refractivity contribution is 5.75. The van der Waals surface area contributed by atoms with Gasteiger partial charge in [0.1, 0.15) is 0 Å². The molecular weight excluding hydrogens is 256 g/mol. The van der Waals surface area contributed by atoms with Crippen LogP contribution in [0.15, 0.2) is 0 Å². The van der Waals surface area contributed by atoms with Crippen molar-refractivity contribution in [2.75, 3.05) is 52.5 Å². The molecule has 2 amide bonds. The number of carbonyl (C=O) groups is 1. The van der Waals surface area contributed by atoms with Crippen molar-refractivity contribution in [3.8, 4) is 0 Å². The van der Waals surface area contributed by atoms with E-state index in [1.807, 2.05) is 9.80 Å². The molecule has 0 aliphatic carbocycles. The average Bonchev–Trinajstić information content (AvgIpc) is 2.98. The molecule has 0 aromatic carbocycles. The zero-order chi connectivity index (χ0) is 13.9. The molecule has 0 saturated carbocycles. The van der Waals surface area contributed by atoms with E-state index < -0.39 is 0 Å². The third kappa shape index (κ3) is 3.07. The van der Waals surface area contributed by atoms with Crippen molar-refractivity contribution < 1.29 is 9.53 Å². The topological polar surface area (TPSA) is 62.0 Å². The monoisotopic (exact) mass is 282 g/mol. The van der Waals surface area contributed by atoms with Crippen LogP contribution in [0.1, 0.15) is 19.3 Å². The first-order valence-corrected chi connectivity index (χ1v) is 7.85. The van der Waals surface area contributed by atoms with Gasteiger partial charge in [-0.25, -0.2) is 4.79 Å². The van der Waals surface area contributed by atoms with Gasteiger partial charge in [-0.15, -0.1) is 0 Å². The molecule has 0 aromatic rings.